The molecular formula is C15H16O3. The van der Waals surface area contributed by atoms with Gasteiger partial charge in [-0.2, -0.15) is 0 Å². The molecule has 0 bridgehead atoms. The highest BCUT2D eigenvalue weighted by Gasteiger charge is 2.09. The molecular weight excluding hydrogens is 228 g/mol. The van der Waals surface area contributed by atoms with Gasteiger partial charge in [0, 0.05) is 0 Å². The molecule has 0 amide bonds. The van der Waals surface area contributed by atoms with Crippen molar-refractivity contribution in [2.75, 3.05) is 13.7 Å². The number of hydrogen-bond donors (Lipinski definition) is 0. The number of ether oxygens (including phenoxy) is 2. The quantitative estimate of drug-likeness (QED) is 0.777. The van der Waals surface area contributed by atoms with E-state index in [1.807, 2.05) is 37.3 Å². The largest absolute Gasteiger partial charge is 0.497 e. The average molecular weight is 244 g/mol. The fourth-order valence-electron chi connectivity index (χ4n) is 2.00. The molecule has 0 fully saturated rings. The molecule has 0 aromatic heterocycles. The number of methoxy groups -OCH3 is 1. The number of esters is 1. The lowest BCUT2D eigenvalue weighted by Gasteiger charge is -2.08. The summed E-state index contributed by atoms with van der Waals surface area (Å²) in [6.07, 6.45) is 0. The first kappa shape index (κ1) is 12.4. The molecule has 2 rings (SSSR count). The molecule has 0 N–H and O–H groups in total. The molecule has 0 unspecified atom stereocenters. The Bertz CT molecular complexity index is 588. The van der Waals surface area contributed by atoms with Gasteiger partial charge in [0.2, 0.25) is 0 Å². The third kappa shape index (κ3) is 2.30. The smallest absolute Gasteiger partial charge is 0.338 e. The fourth-order valence-corrected chi connectivity index (χ4v) is 2.00. The molecule has 0 aliphatic heterocycles. The molecule has 0 heterocycles. The van der Waals surface area contributed by atoms with E-state index < -0.39 is 0 Å². The Morgan fingerprint density at radius 3 is 2.67 bits per heavy atom. The molecule has 0 saturated heterocycles. The maximum absolute atomic E-state index is 11.7. The van der Waals surface area contributed by atoms with Crippen molar-refractivity contribution in [3.63, 3.8) is 0 Å². The van der Waals surface area contributed by atoms with Crippen molar-refractivity contribution < 1.29 is 14.3 Å². The number of carbonyl (C=O) groups excluding carboxylic acids is 1. The Morgan fingerprint density at radius 1 is 1.22 bits per heavy atom. The average Bonchev–Trinajstić information content (AvgIpc) is 2.38. The van der Waals surface area contributed by atoms with Crippen molar-refractivity contribution in [2.45, 2.75) is 13.8 Å². The standard InChI is InChI=1S/C15H16O3/c1-4-18-15(16)12-7-10(2)14-6-5-13(17-3)9-11(14)8-12/h5-9H,4H2,1-3H3. The van der Waals surface area contributed by atoms with Crippen molar-refractivity contribution >= 4 is 16.7 Å². The van der Waals surface area contributed by atoms with E-state index in [0.717, 1.165) is 22.1 Å². The summed E-state index contributed by atoms with van der Waals surface area (Å²) >= 11 is 0. The Hall–Kier alpha value is -2.03. The van der Waals surface area contributed by atoms with E-state index in [4.69, 9.17) is 9.47 Å². The molecule has 94 valence electrons. The predicted octanol–water partition coefficient (Wildman–Crippen LogP) is 3.33. The Balaban J connectivity index is 2.55. The van der Waals surface area contributed by atoms with Gasteiger partial charge in [0.05, 0.1) is 19.3 Å². The summed E-state index contributed by atoms with van der Waals surface area (Å²) in [5, 5.41) is 2.10. The van der Waals surface area contributed by atoms with E-state index in [1.54, 1.807) is 14.0 Å². The second kappa shape index (κ2) is 5.08. The van der Waals surface area contributed by atoms with Gasteiger partial charge in [0.25, 0.3) is 0 Å². The van der Waals surface area contributed by atoms with E-state index in [-0.39, 0.29) is 5.97 Å². The van der Waals surface area contributed by atoms with Crippen LogP contribution in [0.25, 0.3) is 10.8 Å². The summed E-state index contributed by atoms with van der Waals surface area (Å²) in [5.74, 6) is 0.494. The summed E-state index contributed by atoms with van der Waals surface area (Å²) in [6, 6.07) is 9.53. The fraction of sp³-hybridized carbons (Fsp3) is 0.267. The number of rotatable bonds is 3. The molecule has 0 saturated carbocycles. The number of hydrogen-bond acceptors (Lipinski definition) is 3. The lowest BCUT2D eigenvalue weighted by Crippen LogP contribution is -2.04. The van der Waals surface area contributed by atoms with Gasteiger partial charge in [-0.25, -0.2) is 4.79 Å². The summed E-state index contributed by atoms with van der Waals surface area (Å²) in [5.41, 5.74) is 1.63. The van der Waals surface area contributed by atoms with Gasteiger partial charge < -0.3 is 9.47 Å². The molecule has 0 atom stereocenters. The van der Waals surface area contributed by atoms with E-state index in [1.165, 1.54) is 0 Å². The molecule has 0 spiro atoms. The highest BCUT2D eigenvalue weighted by Crippen LogP contribution is 2.25. The number of fused-ring (bicyclic) bond motifs is 1. The molecule has 2 aromatic rings. The van der Waals surface area contributed by atoms with Crippen LogP contribution < -0.4 is 4.74 Å². The Morgan fingerprint density at radius 2 is 2.00 bits per heavy atom. The van der Waals surface area contributed by atoms with Gasteiger partial charge in [0.1, 0.15) is 5.75 Å². The second-order valence-corrected chi connectivity index (χ2v) is 4.10. The van der Waals surface area contributed by atoms with Crippen LogP contribution in [-0.2, 0) is 4.74 Å². The lowest BCUT2D eigenvalue weighted by atomic mass is 10.0. The first-order valence-corrected chi connectivity index (χ1v) is 5.91. The Labute approximate surface area is 106 Å². The van der Waals surface area contributed by atoms with Crippen LogP contribution in [0.3, 0.4) is 0 Å². The SMILES string of the molecule is CCOC(=O)c1cc(C)c2ccc(OC)cc2c1. The van der Waals surface area contributed by atoms with Crippen LogP contribution in [0.4, 0.5) is 0 Å². The first-order valence-electron chi connectivity index (χ1n) is 5.91. The summed E-state index contributed by atoms with van der Waals surface area (Å²) in [7, 11) is 1.63. The molecule has 3 nitrogen and oxygen atoms in total. The van der Waals surface area contributed by atoms with Crippen LogP contribution >= 0.6 is 0 Å². The van der Waals surface area contributed by atoms with Crippen molar-refractivity contribution in [1.29, 1.82) is 0 Å². The van der Waals surface area contributed by atoms with Crippen LogP contribution in [0.15, 0.2) is 30.3 Å². The maximum Gasteiger partial charge on any atom is 0.338 e. The normalized spacial score (nSPS) is 10.4. The van der Waals surface area contributed by atoms with Gasteiger partial charge in [0.15, 0.2) is 0 Å². The van der Waals surface area contributed by atoms with Crippen molar-refractivity contribution in [3.8, 4) is 5.75 Å². The summed E-state index contributed by atoms with van der Waals surface area (Å²) < 4.78 is 10.2. The van der Waals surface area contributed by atoms with Crippen molar-refractivity contribution in [3.05, 3.63) is 41.5 Å². The summed E-state index contributed by atoms with van der Waals surface area (Å²) in [4.78, 5) is 11.7. The van der Waals surface area contributed by atoms with Gasteiger partial charge in [-0.3, -0.25) is 0 Å². The zero-order valence-electron chi connectivity index (χ0n) is 10.8. The zero-order valence-corrected chi connectivity index (χ0v) is 10.8. The van der Waals surface area contributed by atoms with Crippen LogP contribution in [-0.4, -0.2) is 19.7 Å². The third-order valence-corrected chi connectivity index (χ3v) is 2.88. The number of aryl methyl sites for hydroxylation is 1. The molecule has 18 heavy (non-hydrogen) atoms. The van der Waals surface area contributed by atoms with Crippen LogP contribution in [0.2, 0.25) is 0 Å². The molecule has 0 aliphatic carbocycles. The van der Waals surface area contributed by atoms with Gasteiger partial charge in [-0.05, 0) is 54.4 Å². The number of carbonyl (C=O) groups is 1. The minimum Gasteiger partial charge on any atom is -0.497 e. The summed E-state index contributed by atoms with van der Waals surface area (Å²) in [6.45, 7) is 4.17. The Kier molecular flexibility index (Phi) is 3.51. The van der Waals surface area contributed by atoms with Crippen molar-refractivity contribution in [2.24, 2.45) is 0 Å². The number of benzene rings is 2. The second-order valence-electron chi connectivity index (χ2n) is 4.10. The topological polar surface area (TPSA) is 35.5 Å². The molecule has 3 heteroatoms. The van der Waals surface area contributed by atoms with Crippen LogP contribution in [0.5, 0.6) is 5.75 Å². The zero-order chi connectivity index (χ0) is 13.1. The molecule has 2 aromatic carbocycles. The van der Waals surface area contributed by atoms with E-state index >= 15 is 0 Å². The lowest BCUT2D eigenvalue weighted by molar-refractivity contribution is 0.0526. The van der Waals surface area contributed by atoms with Gasteiger partial charge in [-0.15, -0.1) is 0 Å². The predicted molar refractivity (Wildman–Crippen MR) is 71.2 cm³/mol. The van der Waals surface area contributed by atoms with E-state index in [2.05, 4.69) is 0 Å². The molecule has 0 radical (unpaired) electrons. The minimum atomic E-state index is -0.287. The maximum atomic E-state index is 11.7. The van der Waals surface area contributed by atoms with E-state index in [9.17, 15) is 4.79 Å². The van der Waals surface area contributed by atoms with E-state index in [0.29, 0.717) is 12.2 Å². The monoisotopic (exact) mass is 244 g/mol. The minimum absolute atomic E-state index is 0.287. The first-order chi connectivity index (χ1) is 8.65. The third-order valence-electron chi connectivity index (χ3n) is 2.88. The molecule has 0 aliphatic rings. The highest BCUT2D eigenvalue weighted by molar-refractivity contribution is 5.97. The van der Waals surface area contributed by atoms with Crippen LogP contribution in [0, 0.1) is 6.92 Å². The highest BCUT2D eigenvalue weighted by atomic mass is 16.5. The van der Waals surface area contributed by atoms with Gasteiger partial charge >= 0.3 is 5.97 Å². The van der Waals surface area contributed by atoms with Gasteiger partial charge in [-0.1, -0.05) is 6.07 Å². The van der Waals surface area contributed by atoms with Crippen molar-refractivity contribution in [1.82, 2.24) is 0 Å². The van der Waals surface area contributed by atoms with Crippen LogP contribution in [0.1, 0.15) is 22.8 Å².